The van der Waals surface area contributed by atoms with Crippen LogP contribution in [0.2, 0.25) is 5.02 Å². The lowest BCUT2D eigenvalue weighted by Gasteiger charge is -2.25. The number of hydrazone groups is 1. The monoisotopic (exact) mass is 590 g/mol. The zero-order valence-electron chi connectivity index (χ0n) is 22.0. The molecule has 0 atom stereocenters. The standard InChI is InChI=1S/C30H27ClN4O5S/c1-22-12-15-24(31)18-28(22)35(41(38,39)27-10-6-3-7-11-27)20-29(36)34-32-19-23-13-16-26(17-14-23)40-21-30(37)33-25-8-4-2-5-9-25/h2-19H,20-21H2,1H3,(H,33,37)(H,34,36)/b32-19-. The van der Waals surface area contributed by atoms with Crippen molar-refractivity contribution in [3.63, 3.8) is 0 Å². The van der Waals surface area contributed by atoms with Gasteiger partial charge in [-0.05, 0) is 78.7 Å². The normalized spacial score (nSPS) is 11.2. The average Bonchev–Trinajstić information content (AvgIpc) is 2.98. The van der Waals surface area contributed by atoms with Crippen molar-refractivity contribution in [3.05, 3.63) is 119 Å². The van der Waals surface area contributed by atoms with E-state index >= 15 is 0 Å². The molecule has 0 radical (unpaired) electrons. The molecule has 0 unspecified atom stereocenters. The van der Waals surface area contributed by atoms with Crippen molar-refractivity contribution in [2.75, 3.05) is 22.8 Å². The smallest absolute Gasteiger partial charge is 0.264 e. The minimum Gasteiger partial charge on any atom is -0.484 e. The van der Waals surface area contributed by atoms with Gasteiger partial charge in [-0.25, -0.2) is 13.8 Å². The van der Waals surface area contributed by atoms with Crippen molar-refractivity contribution in [3.8, 4) is 5.75 Å². The number of halogens is 1. The molecule has 210 valence electrons. The van der Waals surface area contributed by atoms with Crippen molar-refractivity contribution in [1.82, 2.24) is 5.43 Å². The number of carbonyl (C=O) groups is 2. The maximum atomic E-state index is 13.5. The number of benzene rings is 4. The highest BCUT2D eigenvalue weighted by Crippen LogP contribution is 2.29. The fourth-order valence-electron chi connectivity index (χ4n) is 3.73. The van der Waals surface area contributed by atoms with Gasteiger partial charge in [-0.2, -0.15) is 5.10 Å². The van der Waals surface area contributed by atoms with Crippen molar-refractivity contribution in [2.24, 2.45) is 5.10 Å². The molecule has 4 rings (SSSR count). The Labute approximate surface area is 243 Å². The van der Waals surface area contributed by atoms with Gasteiger partial charge in [0.15, 0.2) is 6.61 Å². The van der Waals surface area contributed by atoms with Crippen molar-refractivity contribution < 1.29 is 22.7 Å². The fourth-order valence-corrected chi connectivity index (χ4v) is 5.40. The Morgan fingerprint density at radius 2 is 1.56 bits per heavy atom. The molecule has 0 saturated heterocycles. The molecule has 0 aliphatic rings. The molecule has 0 spiro atoms. The molecule has 4 aromatic carbocycles. The Bertz CT molecular complexity index is 1630. The van der Waals surface area contributed by atoms with E-state index in [1.807, 2.05) is 18.2 Å². The van der Waals surface area contributed by atoms with Crippen LogP contribution in [-0.2, 0) is 19.6 Å². The van der Waals surface area contributed by atoms with Gasteiger partial charge in [0.2, 0.25) is 0 Å². The Morgan fingerprint density at radius 1 is 0.902 bits per heavy atom. The van der Waals surface area contributed by atoms with Crippen molar-refractivity contribution >= 4 is 51.0 Å². The van der Waals surface area contributed by atoms with Crippen LogP contribution in [-0.4, -0.2) is 39.6 Å². The first-order valence-electron chi connectivity index (χ1n) is 12.5. The van der Waals surface area contributed by atoms with E-state index in [0.29, 0.717) is 27.6 Å². The van der Waals surface area contributed by atoms with E-state index in [2.05, 4.69) is 15.8 Å². The van der Waals surface area contributed by atoms with Crippen LogP contribution >= 0.6 is 11.6 Å². The van der Waals surface area contributed by atoms with Crippen molar-refractivity contribution in [2.45, 2.75) is 11.8 Å². The SMILES string of the molecule is Cc1ccc(Cl)cc1N(CC(=O)N/N=C\c1ccc(OCC(=O)Nc2ccccc2)cc1)S(=O)(=O)c1ccccc1. The van der Waals surface area contributed by atoms with E-state index < -0.39 is 22.5 Å². The maximum Gasteiger partial charge on any atom is 0.264 e. The summed E-state index contributed by atoms with van der Waals surface area (Å²) in [4.78, 5) is 24.9. The summed E-state index contributed by atoms with van der Waals surface area (Å²) in [6, 6.07) is 28.4. The molecule has 0 aliphatic carbocycles. The number of nitrogens with one attached hydrogen (secondary N) is 2. The van der Waals surface area contributed by atoms with E-state index in [1.165, 1.54) is 24.4 Å². The zero-order chi connectivity index (χ0) is 29.2. The molecule has 4 aromatic rings. The van der Waals surface area contributed by atoms with Gasteiger partial charge in [-0.15, -0.1) is 0 Å². The van der Waals surface area contributed by atoms with Gasteiger partial charge in [0.05, 0.1) is 16.8 Å². The number of hydrogen-bond acceptors (Lipinski definition) is 6. The molecular weight excluding hydrogens is 564 g/mol. The van der Waals surface area contributed by atoms with Crippen LogP contribution in [0.15, 0.2) is 113 Å². The minimum atomic E-state index is -4.08. The summed E-state index contributed by atoms with van der Waals surface area (Å²) in [6.07, 6.45) is 1.41. The summed E-state index contributed by atoms with van der Waals surface area (Å²) in [7, 11) is -4.08. The second-order valence-corrected chi connectivity index (χ2v) is 11.1. The third kappa shape index (κ3) is 8.17. The van der Waals surface area contributed by atoms with Crippen LogP contribution in [0.3, 0.4) is 0 Å². The first kappa shape index (κ1) is 29.3. The number of nitrogens with zero attached hydrogens (tertiary/aromatic N) is 2. The molecule has 2 amide bonds. The highest BCUT2D eigenvalue weighted by molar-refractivity contribution is 7.92. The molecule has 41 heavy (non-hydrogen) atoms. The fraction of sp³-hybridized carbons (Fsp3) is 0.100. The molecule has 0 heterocycles. The van der Waals surface area contributed by atoms with E-state index in [9.17, 15) is 18.0 Å². The predicted octanol–water partition coefficient (Wildman–Crippen LogP) is 5.01. The first-order chi connectivity index (χ1) is 19.7. The van der Waals surface area contributed by atoms with E-state index in [1.54, 1.807) is 73.7 Å². The molecule has 0 aromatic heterocycles. The van der Waals surface area contributed by atoms with Crippen molar-refractivity contribution in [1.29, 1.82) is 0 Å². The van der Waals surface area contributed by atoms with Crippen LogP contribution in [0.5, 0.6) is 5.75 Å². The van der Waals surface area contributed by atoms with Gasteiger partial charge in [0.1, 0.15) is 12.3 Å². The van der Waals surface area contributed by atoms with E-state index in [4.69, 9.17) is 16.3 Å². The number of ether oxygens (including phenoxy) is 1. The summed E-state index contributed by atoms with van der Waals surface area (Å²) in [5, 5.41) is 7.03. The number of anilines is 2. The van der Waals surface area contributed by atoms with Gasteiger partial charge < -0.3 is 10.1 Å². The Kier molecular flexibility index (Phi) is 9.73. The number of amides is 2. The molecular formula is C30H27ClN4O5S. The molecule has 0 saturated carbocycles. The minimum absolute atomic E-state index is 0.0375. The summed E-state index contributed by atoms with van der Waals surface area (Å²) >= 11 is 6.15. The Hall–Kier alpha value is -4.67. The number of carbonyl (C=O) groups excluding carboxylic acids is 2. The van der Waals surface area contributed by atoms with Crippen LogP contribution < -0.4 is 19.8 Å². The number of rotatable bonds is 11. The summed E-state index contributed by atoms with van der Waals surface area (Å²) in [5.41, 5.74) is 4.61. The van der Waals surface area contributed by atoms with E-state index in [-0.39, 0.29) is 23.1 Å². The van der Waals surface area contributed by atoms with Crippen LogP contribution in [0.1, 0.15) is 11.1 Å². The van der Waals surface area contributed by atoms with Gasteiger partial charge in [0, 0.05) is 10.7 Å². The zero-order valence-corrected chi connectivity index (χ0v) is 23.6. The molecule has 11 heteroatoms. The number of para-hydroxylation sites is 1. The Balaban J connectivity index is 1.37. The average molecular weight is 591 g/mol. The highest BCUT2D eigenvalue weighted by Gasteiger charge is 2.28. The van der Waals surface area contributed by atoms with Gasteiger partial charge >= 0.3 is 0 Å². The topological polar surface area (TPSA) is 117 Å². The second-order valence-electron chi connectivity index (χ2n) is 8.82. The molecule has 0 bridgehead atoms. The summed E-state index contributed by atoms with van der Waals surface area (Å²) in [6.45, 7) is 1.05. The molecule has 0 fully saturated rings. The maximum absolute atomic E-state index is 13.5. The van der Waals surface area contributed by atoms with E-state index in [0.717, 1.165) is 4.31 Å². The van der Waals surface area contributed by atoms with Gasteiger partial charge in [-0.3, -0.25) is 13.9 Å². The first-order valence-corrected chi connectivity index (χ1v) is 14.3. The third-order valence-electron chi connectivity index (χ3n) is 5.77. The quantitative estimate of drug-likeness (QED) is 0.188. The largest absolute Gasteiger partial charge is 0.484 e. The Morgan fingerprint density at radius 3 is 2.24 bits per heavy atom. The molecule has 9 nitrogen and oxygen atoms in total. The summed E-state index contributed by atoms with van der Waals surface area (Å²) in [5.74, 6) is -0.460. The second kappa shape index (κ2) is 13.6. The number of sulfonamides is 1. The predicted molar refractivity (Wildman–Crippen MR) is 160 cm³/mol. The lowest BCUT2D eigenvalue weighted by atomic mass is 10.2. The van der Waals surface area contributed by atoms with Gasteiger partial charge in [-0.1, -0.05) is 54.1 Å². The number of aryl methyl sites for hydroxylation is 1. The van der Waals surface area contributed by atoms with Crippen LogP contribution in [0, 0.1) is 6.92 Å². The summed E-state index contributed by atoms with van der Waals surface area (Å²) < 4.78 is 33.5. The molecule has 0 aliphatic heterocycles. The number of hydrogen-bond donors (Lipinski definition) is 2. The lowest BCUT2D eigenvalue weighted by molar-refractivity contribution is -0.119. The highest BCUT2D eigenvalue weighted by atomic mass is 35.5. The molecule has 2 N–H and O–H groups in total. The van der Waals surface area contributed by atoms with Crippen LogP contribution in [0.25, 0.3) is 0 Å². The van der Waals surface area contributed by atoms with Crippen LogP contribution in [0.4, 0.5) is 11.4 Å². The lowest BCUT2D eigenvalue weighted by Crippen LogP contribution is -2.40. The van der Waals surface area contributed by atoms with Gasteiger partial charge in [0.25, 0.3) is 21.8 Å². The third-order valence-corrected chi connectivity index (χ3v) is 7.78.